The van der Waals surface area contributed by atoms with Crippen molar-refractivity contribution in [2.45, 2.75) is 19.8 Å². The zero-order chi connectivity index (χ0) is 13.8. The highest BCUT2D eigenvalue weighted by Gasteiger charge is 2.08. The number of aromatic nitrogens is 2. The highest BCUT2D eigenvalue weighted by atomic mass is 35.5. The molecule has 0 bridgehead atoms. The Bertz CT molecular complexity index is 590. The molecular weight excluding hydrogens is 307 g/mol. The monoisotopic (exact) mass is 316 g/mol. The summed E-state index contributed by atoms with van der Waals surface area (Å²) in [6.07, 6.45) is 1.66. The molecule has 0 saturated carbocycles. The predicted octanol–water partition coefficient (Wildman–Crippen LogP) is 5.18. The summed E-state index contributed by atoms with van der Waals surface area (Å²) >= 11 is 17.9. The molecule has 100 valence electrons. The van der Waals surface area contributed by atoms with Crippen molar-refractivity contribution in [2.75, 3.05) is 0 Å². The van der Waals surface area contributed by atoms with Gasteiger partial charge >= 0.3 is 0 Å². The molecule has 0 N–H and O–H groups in total. The van der Waals surface area contributed by atoms with Gasteiger partial charge in [-0.1, -0.05) is 41.7 Å². The molecule has 0 amide bonds. The van der Waals surface area contributed by atoms with Gasteiger partial charge in [0.15, 0.2) is 0 Å². The first-order valence-electron chi connectivity index (χ1n) is 5.75. The van der Waals surface area contributed by atoms with E-state index in [1.54, 1.807) is 18.2 Å². The number of rotatable bonds is 4. The minimum absolute atomic E-state index is 0.339. The van der Waals surface area contributed by atoms with Gasteiger partial charge in [-0.3, -0.25) is 0 Å². The van der Waals surface area contributed by atoms with Crippen molar-refractivity contribution >= 4 is 34.8 Å². The van der Waals surface area contributed by atoms with Crippen LogP contribution in [0.1, 0.15) is 19.2 Å². The van der Waals surface area contributed by atoms with Crippen LogP contribution >= 0.6 is 34.8 Å². The van der Waals surface area contributed by atoms with E-state index < -0.39 is 0 Å². The van der Waals surface area contributed by atoms with Gasteiger partial charge in [0.2, 0.25) is 5.88 Å². The topological polar surface area (TPSA) is 35.0 Å². The van der Waals surface area contributed by atoms with Crippen molar-refractivity contribution < 1.29 is 4.74 Å². The smallest absolute Gasteiger partial charge is 0.224 e. The van der Waals surface area contributed by atoms with Crippen molar-refractivity contribution in [3.63, 3.8) is 0 Å². The largest absolute Gasteiger partial charge is 0.437 e. The van der Waals surface area contributed by atoms with Gasteiger partial charge in [-0.05, 0) is 18.6 Å². The van der Waals surface area contributed by atoms with Crippen LogP contribution in [0.3, 0.4) is 0 Å². The van der Waals surface area contributed by atoms with Crippen LogP contribution in [0, 0.1) is 0 Å². The fraction of sp³-hybridized carbons (Fsp3) is 0.231. The maximum Gasteiger partial charge on any atom is 0.224 e. The maximum absolute atomic E-state index is 6.03. The van der Waals surface area contributed by atoms with Gasteiger partial charge in [-0.25, -0.2) is 4.98 Å². The lowest BCUT2D eigenvalue weighted by Gasteiger charge is -2.08. The van der Waals surface area contributed by atoms with Gasteiger partial charge in [-0.15, -0.1) is 0 Å². The molecule has 1 heterocycles. The lowest BCUT2D eigenvalue weighted by atomic mass is 10.3. The fourth-order valence-corrected chi connectivity index (χ4v) is 2.01. The molecule has 0 aliphatic rings. The van der Waals surface area contributed by atoms with E-state index in [4.69, 9.17) is 39.5 Å². The molecule has 2 rings (SSSR count). The van der Waals surface area contributed by atoms with Crippen LogP contribution < -0.4 is 4.74 Å². The summed E-state index contributed by atoms with van der Waals surface area (Å²) < 4.78 is 5.61. The zero-order valence-electron chi connectivity index (χ0n) is 10.2. The number of hydrogen-bond donors (Lipinski definition) is 0. The molecule has 1 aromatic heterocycles. The summed E-state index contributed by atoms with van der Waals surface area (Å²) in [5, 5.41) is 1.33. The molecule has 6 heteroatoms. The van der Waals surface area contributed by atoms with Gasteiger partial charge in [0.05, 0.1) is 5.02 Å². The third-order valence-electron chi connectivity index (χ3n) is 2.30. The van der Waals surface area contributed by atoms with Crippen LogP contribution in [0.2, 0.25) is 15.2 Å². The molecule has 1 aromatic carbocycles. The molecule has 0 fully saturated rings. The summed E-state index contributed by atoms with van der Waals surface area (Å²) in [5.74, 6) is 1.43. The summed E-state index contributed by atoms with van der Waals surface area (Å²) in [5.41, 5.74) is 0. The molecule has 0 aliphatic heterocycles. The first kappa shape index (κ1) is 14.4. The minimum atomic E-state index is 0.339. The van der Waals surface area contributed by atoms with Crippen LogP contribution in [-0.2, 0) is 6.42 Å². The van der Waals surface area contributed by atoms with Crippen molar-refractivity contribution in [3.05, 3.63) is 45.3 Å². The molecule has 0 aliphatic carbocycles. The molecule has 0 atom stereocenters. The van der Waals surface area contributed by atoms with Gasteiger partial charge in [0.1, 0.15) is 16.7 Å². The van der Waals surface area contributed by atoms with Gasteiger partial charge < -0.3 is 4.74 Å². The van der Waals surface area contributed by atoms with E-state index in [1.165, 1.54) is 6.07 Å². The lowest BCUT2D eigenvalue weighted by Crippen LogP contribution is -1.98. The van der Waals surface area contributed by atoms with Crippen molar-refractivity contribution in [1.82, 2.24) is 9.97 Å². The van der Waals surface area contributed by atoms with Crippen molar-refractivity contribution in [1.29, 1.82) is 0 Å². The van der Waals surface area contributed by atoms with Crippen LogP contribution in [-0.4, -0.2) is 9.97 Å². The van der Waals surface area contributed by atoms with E-state index in [2.05, 4.69) is 9.97 Å². The predicted molar refractivity (Wildman–Crippen MR) is 77.6 cm³/mol. The van der Waals surface area contributed by atoms with Crippen LogP contribution in [0.25, 0.3) is 0 Å². The number of halogens is 3. The number of nitrogens with zero attached hydrogens (tertiary/aromatic N) is 2. The molecule has 0 spiro atoms. The molecule has 0 unspecified atom stereocenters. The standard InChI is InChI=1S/C13H11Cl3N2O/c1-2-3-12-17-11(16)7-13(18-12)19-10-6-8(14)4-5-9(10)15/h4-7H,2-3H2,1H3. The Morgan fingerprint density at radius 2 is 1.89 bits per heavy atom. The number of hydrogen-bond acceptors (Lipinski definition) is 3. The molecule has 0 saturated heterocycles. The Morgan fingerprint density at radius 1 is 1.11 bits per heavy atom. The SMILES string of the molecule is CCCc1nc(Cl)cc(Oc2cc(Cl)ccc2Cl)n1. The Kier molecular flexibility index (Phi) is 4.86. The Balaban J connectivity index is 2.29. The second kappa shape index (κ2) is 6.42. The Morgan fingerprint density at radius 3 is 2.63 bits per heavy atom. The third kappa shape index (κ3) is 3.96. The van der Waals surface area contributed by atoms with Crippen LogP contribution in [0.15, 0.2) is 24.3 Å². The number of benzene rings is 1. The second-order valence-corrected chi connectivity index (χ2v) is 5.10. The quantitative estimate of drug-likeness (QED) is 0.729. The average molecular weight is 318 g/mol. The second-order valence-electron chi connectivity index (χ2n) is 3.87. The van der Waals surface area contributed by atoms with E-state index in [0.717, 1.165) is 12.8 Å². The van der Waals surface area contributed by atoms with E-state index in [-0.39, 0.29) is 0 Å². The number of aryl methyl sites for hydroxylation is 1. The molecule has 19 heavy (non-hydrogen) atoms. The normalized spacial score (nSPS) is 10.5. The van der Waals surface area contributed by atoms with Gasteiger partial charge in [0.25, 0.3) is 0 Å². The van der Waals surface area contributed by atoms with Crippen molar-refractivity contribution in [2.24, 2.45) is 0 Å². The molecule has 0 radical (unpaired) electrons. The maximum atomic E-state index is 6.03. The van der Waals surface area contributed by atoms with Crippen LogP contribution in [0.4, 0.5) is 0 Å². The van der Waals surface area contributed by atoms with E-state index >= 15 is 0 Å². The highest BCUT2D eigenvalue weighted by Crippen LogP contribution is 2.31. The number of ether oxygens (including phenoxy) is 1. The Labute approximate surface area is 126 Å². The lowest BCUT2D eigenvalue weighted by molar-refractivity contribution is 0.458. The summed E-state index contributed by atoms with van der Waals surface area (Å²) in [7, 11) is 0. The van der Waals surface area contributed by atoms with E-state index in [1.807, 2.05) is 6.92 Å². The molecule has 3 nitrogen and oxygen atoms in total. The van der Waals surface area contributed by atoms with Gasteiger partial charge in [0, 0.05) is 23.6 Å². The highest BCUT2D eigenvalue weighted by molar-refractivity contribution is 6.34. The van der Waals surface area contributed by atoms with Crippen molar-refractivity contribution in [3.8, 4) is 11.6 Å². The average Bonchev–Trinajstić information content (AvgIpc) is 2.33. The molecule has 2 aromatic rings. The first-order chi connectivity index (χ1) is 9.08. The summed E-state index contributed by atoms with van der Waals surface area (Å²) in [6, 6.07) is 6.51. The Hall–Kier alpha value is -1.03. The van der Waals surface area contributed by atoms with Crippen LogP contribution in [0.5, 0.6) is 11.6 Å². The van der Waals surface area contributed by atoms with E-state index in [0.29, 0.717) is 32.7 Å². The minimum Gasteiger partial charge on any atom is -0.437 e. The summed E-state index contributed by atoms with van der Waals surface area (Å²) in [6.45, 7) is 2.04. The fourth-order valence-electron chi connectivity index (χ4n) is 1.50. The van der Waals surface area contributed by atoms with E-state index in [9.17, 15) is 0 Å². The third-order valence-corrected chi connectivity index (χ3v) is 3.04. The summed E-state index contributed by atoms with van der Waals surface area (Å²) in [4.78, 5) is 8.39. The first-order valence-corrected chi connectivity index (χ1v) is 6.88. The zero-order valence-corrected chi connectivity index (χ0v) is 12.4. The molecular formula is C13H11Cl3N2O. The van der Waals surface area contributed by atoms with Gasteiger partial charge in [-0.2, -0.15) is 4.98 Å².